The largest absolute Gasteiger partial charge is 0.417 e. The second kappa shape index (κ2) is 7.95. The number of nitrogens with zero attached hydrogens (tertiary/aromatic N) is 1. The Kier molecular flexibility index (Phi) is 4.85. The molecule has 4 heteroatoms. The normalized spacial score (nSPS) is 12.0. The van der Waals surface area contributed by atoms with E-state index in [1.807, 2.05) is 30.3 Å². The quantitative estimate of drug-likeness (QED) is 0.233. The van der Waals surface area contributed by atoms with Gasteiger partial charge in [0.05, 0.1) is 11.3 Å². The Balaban J connectivity index is 1.60. The van der Waals surface area contributed by atoms with Crippen molar-refractivity contribution in [3.05, 3.63) is 114 Å². The van der Waals surface area contributed by atoms with E-state index in [2.05, 4.69) is 42.2 Å². The molecule has 170 valence electrons. The lowest BCUT2D eigenvalue weighted by Crippen LogP contribution is -2.06. The summed E-state index contributed by atoms with van der Waals surface area (Å²) in [6.07, 6.45) is -2.78. The molecule has 0 bridgehead atoms. The maximum absolute atomic E-state index is 13.9. The number of halogens is 3. The molecule has 5 aromatic carbocycles. The topological polar surface area (TPSA) is 12.9 Å². The van der Waals surface area contributed by atoms with Crippen molar-refractivity contribution in [3.8, 4) is 22.4 Å². The number of aromatic nitrogens is 1. The van der Waals surface area contributed by atoms with Crippen molar-refractivity contribution < 1.29 is 13.2 Å². The first-order valence-electron chi connectivity index (χ1n) is 11.4. The molecule has 0 amide bonds. The van der Waals surface area contributed by atoms with Crippen molar-refractivity contribution >= 4 is 32.3 Å². The van der Waals surface area contributed by atoms with Crippen LogP contribution >= 0.6 is 0 Å². The number of aryl methyl sites for hydroxylation is 1. The van der Waals surface area contributed by atoms with E-state index in [1.54, 1.807) is 30.5 Å². The van der Waals surface area contributed by atoms with E-state index in [4.69, 9.17) is 0 Å². The molecule has 6 aromatic rings. The molecule has 0 fully saturated rings. The van der Waals surface area contributed by atoms with Gasteiger partial charge in [-0.3, -0.25) is 4.98 Å². The van der Waals surface area contributed by atoms with Crippen molar-refractivity contribution in [1.29, 1.82) is 0 Å². The van der Waals surface area contributed by atoms with E-state index in [-0.39, 0.29) is 5.39 Å². The van der Waals surface area contributed by atoms with Crippen LogP contribution in [0.15, 0.2) is 103 Å². The highest BCUT2D eigenvalue weighted by Gasteiger charge is 2.33. The lowest BCUT2D eigenvalue weighted by Gasteiger charge is -2.15. The van der Waals surface area contributed by atoms with Gasteiger partial charge in [0.25, 0.3) is 0 Å². The second-order valence-corrected chi connectivity index (χ2v) is 8.76. The Labute approximate surface area is 200 Å². The Morgan fingerprint density at radius 3 is 2.09 bits per heavy atom. The van der Waals surface area contributed by atoms with Crippen LogP contribution in [-0.4, -0.2) is 4.98 Å². The van der Waals surface area contributed by atoms with Gasteiger partial charge in [-0.25, -0.2) is 0 Å². The van der Waals surface area contributed by atoms with E-state index in [9.17, 15) is 13.2 Å². The number of hydrogen-bond donors (Lipinski definition) is 0. The highest BCUT2D eigenvalue weighted by Crippen LogP contribution is 2.40. The van der Waals surface area contributed by atoms with Gasteiger partial charge in [-0.1, -0.05) is 78.9 Å². The maximum Gasteiger partial charge on any atom is 0.417 e. The highest BCUT2D eigenvalue weighted by molar-refractivity contribution is 6.13. The number of benzene rings is 5. The van der Waals surface area contributed by atoms with Gasteiger partial charge in [-0.2, -0.15) is 13.2 Å². The van der Waals surface area contributed by atoms with Crippen molar-refractivity contribution in [1.82, 2.24) is 4.98 Å². The summed E-state index contributed by atoms with van der Waals surface area (Å²) in [5.41, 5.74) is 3.84. The molecule has 1 aromatic heterocycles. The van der Waals surface area contributed by atoms with Gasteiger partial charge in [-0.05, 0) is 68.7 Å². The molecule has 1 heterocycles. The minimum absolute atomic E-state index is 0.193. The fraction of sp³-hybridized carbons (Fsp3) is 0.0645. The lowest BCUT2D eigenvalue weighted by atomic mass is 9.91. The van der Waals surface area contributed by atoms with Gasteiger partial charge in [0.15, 0.2) is 0 Å². The van der Waals surface area contributed by atoms with Crippen LogP contribution < -0.4 is 0 Å². The standard InChI is InChI=1S/C31H20F3N/c1-19-23(20-7-3-2-4-8-20)11-13-26-24(19)12-14-28-27(26)15-16-35-30(28)22-17-21-9-5-6-10-25(21)29(18-22)31(32,33)34/h2-18H,1H3. The first-order chi connectivity index (χ1) is 16.9. The van der Waals surface area contributed by atoms with Crippen LogP contribution in [0.4, 0.5) is 13.2 Å². The lowest BCUT2D eigenvalue weighted by molar-refractivity contribution is -0.136. The van der Waals surface area contributed by atoms with Crippen molar-refractivity contribution in [2.45, 2.75) is 13.1 Å². The second-order valence-electron chi connectivity index (χ2n) is 8.76. The summed E-state index contributed by atoms with van der Waals surface area (Å²) in [5.74, 6) is 0. The fourth-order valence-electron chi connectivity index (χ4n) is 5.06. The Hall–Kier alpha value is -4.18. The zero-order valence-corrected chi connectivity index (χ0v) is 18.9. The number of hydrogen-bond acceptors (Lipinski definition) is 1. The third kappa shape index (κ3) is 3.53. The van der Waals surface area contributed by atoms with Gasteiger partial charge in [0.2, 0.25) is 0 Å². The predicted octanol–water partition coefficient (Wildman–Crippen LogP) is 9.20. The monoisotopic (exact) mass is 463 g/mol. The molecule has 0 spiro atoms. The third-order valence-electron chi connectivity index (χ3n) is 6.74. The highest BCUT2D eigenvalue weighted by atomic mass is 19.4. The van der Waals surface area contributed by atoms with Crippen LogP contribution in [0.25, 0.3) is 54.7 Å². The van der Waals surface area contributed by atoms with E-state index in [0.717, 1.165) is 32.7 Å². The van der Waals surface area contributed by atoms with Crippen molar-refractivity contribution in [2.75, 3.05) is 0 Å². The number of alkyl halides is 3. The minimum Gasteiger partial charge on any atom is -0.256 e. The molecule has 0 saturated carbocycles. The molecule has 0 saturated heterocycles. The van der Waals surface area contributed by atoms with Gasteiger partial charge < -0.3 is 0 Å². The van der Waals surface area contributed by atoms with E-state index in [0.29, 0.717) is 16.6 Å². The molecular formula is C31H20F3N. The average molecular weight is 464 g/mol. The molecule has 0 aliphatic rings. The van der Waals surface area contributed by atoms with Crippen molar-refractivity contribution in [3.63, 3.8) is 0 Å². The molecule has 0 atom stereocenters. The van der Waals surface area contributed by atoms with Crippen LogP contribution in [0.1, 0.15) is 11.1 Å². The predicted molar refractivity (Wildman–Crippen MR) is 137 cm³/mol. The van der Waals surface area contributed by atoms with Gasteiger partial charge in [0, 0.05) is 17.1 Å². The molecule has 6 rings (SSSR count). The number of fused-ring (bicyclic) bond motifs is 4. The fourth-order valence-corrected chi connectivity index (χ4v) is 5.06. The summed E-state index contributed by atoms with van der Waals surface area (Å²) in [5, 5.41) is 4.71. The van der Waals surface area contributed by atoms with Crippen LogP contribution in [0.5, 0.6) is 0 Å². The summed E-state index contributed by atoms with van der Waals surface area (Å²) in [4.78, 5) is 4.53. The molecule has 0 radical (unpaired) electrons. The zero-order chi connectivity index (χ0) is 24.2. The summed E-state index contributed by atoms with van der Waals surface area (Å²) >= 11 is 0. The molecule has 1 nitrogen and oxygen atoms in total. The Bertz CT molecular complexity index is 1730. The summed E-state index contributed by atoms with van der Waals surface area (Å²) < 4.78 is 41.8. The number of pyridine rings is 1. The van der Waals surface area contributed by atoms with E-state index in [1.165, 1.54) is 17.7 Å². The molecule has 0 N–H and O–H groups in total. The van der Waals surface area contributed by atoms with Gasteiger partial charge in [0.1, 0.15) is 0 Å². The summed E-state index contributed by atoms with van der Waals surface area (Å²) in [6.45, 7) is 2.11. The first-order valence-corrected chi connectivity index (χ1v) is 11.4. The van der Waals surface area contributed by atoms with E-state index >= 15 is 0 Å². The Morgan fingerprint density at radius 1 is 0.600 bits per heavy atom. The molecule has 0 aliphatic carbocycles. The summed E-state index contributed by atoms with van der Waals surface area (Å²) in [6, 6.07) is 30.0. The van der Waals surface area contributed by atoms with Crippen molar-refractivity contribution in [2.24, 2.45) is 0 Å². The molecular weight excluding hydrogens is 443 g/mol. The molecule has 0 aliphatic heterocycles. The summed E-state index contributed by atoms with van der Waals surface area (Å²) in [7, 11) is 0. The van der Waals surface area contributed by atoms with Gasteiger partial charge in [-0.15, -0.1) is 0 Å². The van der Waals surface area contributed by atoms with Crippen LogP contribution in [0, 0.1) is 6.92 Å². The minimum atomic E-state index is -4.46. The SMILES string of the molecule is Cc1c(-c2ccccc2)ccc2c1ccc1c(-c3cc(C(F)(F)F)c4ccccc4c3)nccc12. The van der Waals surface area contributed by atoms with E-state index < -0.39 is 11.7 Å². The Morgan fingerprint density at radius 2 is 1.29 bits per heavy atom. The zero-order valence-electron chi connectivity index (χ0n) is 18.9. The third-order valence-corrected chi connectivity index (χ3v) is 6.74. The maximum atomic E-state index is 13.9. The van der Waals surface area contributed by atoms with Crippen LogP contribution in [0.2, 0.25) is 0 Å². The van der Waals surface area contributed by atoms with Gasteiger partial charge >= 0.3 is 6.18 Å². The molecule has 0 unspecified atom stereocenters. The number of rotatable bonds is 2. The van der Waals surface area contributed by atoms with Crippen LogP contribution in [-0.2, 0) is 6.18 Å². The van der Waals surface area contributed by atoms with Crippen LogP contribution in [0.3, 0.4) is 0 Å². The molecule has 35 heavy (non-hydrogen) atoms. The first kappa shape index (κ1) is 21.4. The smallest absolute Gasteiger partial charge is 0.256 e. The average Bonchev–Trinajstić information content (AvgIpc) is 2.87.